The van der Waals surface area contributed by atoms with Gasteiger partial charge < -0.3 is 14.2 Å². The van der Waals surface area contributed by atoms with Gasteiger partial charge in [0.05, 0.1) is 30.3 Å². The third-order valence-corrected chi connectivity index (χ3v) is 5.81. The third-order valence-electron chi connectivity index (χ3n) is 4.88. The van der Waals surface area contributed by atoms with Gasteiger partial charge in [-0.3, -0.25) is 14.7 Å². The van der Waals surface area contributed by atoms with E-state index in [1.807, 2.05) is 43.5 Å². The SMILES string of the molecule is Cc1cccc(-n2c(SCC(=O)Nc3cc(C(C)C)no3)nnc2N2CCOCC2)c1. The van der Waals surface area contributed by atoms with Gasteiger partial charge in [0.2, 0.25) is 17.7 Å². The van der Waals surface area contributed by atoms with Gasteiger partial charge in [0.1, 0.15) is 0 Å². The van der Waals surface area contributed by atoms with Crippen LogP contribution in [0.3, 0.4) is 0 Å². The van der Waals surface area contributed by atoms with Crippen molar-refractivity contribution < 1.29 is 14.1 Å². The van der Waals surface area contributed by atoms with Gasteiger partial charge in [-0.25, -0.2) is 0 Å². The lowest BCUT2D eigenvalue weighted by Crippen LogP contribution is -2.37. The predicted molar refractivity (Wildman–Crippen MR) is 119 cm³/mol. The van der Waals surface area contributed by atoms with Crippen molar-refractivity contribution in [2.24, 2.45) is 0 Å². The van der Waals surface area contributed by atoms with Crippen LogP contribution >= 0.6 is 11.8 Å². The van der Waals surface area contributed by atoms with Crippen LogP contribution in [0, 0.1) is 6.92 Å². The van der Waals surface area contributed by atoms with Gasteiger partial charge in [-0.15, -0.1) is 10.2 Å². The van der Waals surface area contributed by atoms with Crippen LogP contribution in [0.4, 0.5) is 11.8 Å². The first kappa shape index (κ1) is 21.4. The number of nitrogens with one attached hydrogen (secondary N) is 1. The van der Waals surface area contributed by atoms with Crippen LogP contribution in [0.5, 0.6) is 0 Å². The summed E-state index contributed by atoms with van der Waals surface area (Å²) >= 11 is 1.33. The zero-order chi connectivity index (χ0) is 21.8. The molecule has 0 unspecified atom stereocenters. The van der Waals surface area contributed by atoms with Gasteiger partial charge in [0.15, 0.2) is 5.16 Å². The topological polar surface area (TPSA) is 98.3 Å². The van der Waals surface area contributed by atoms with Gasteiger partial charge >= 0.3 is 0 Å². The number of hydrogen-bond donors (Lipinski definition) is 1. The zero-order valence-electron chi connectivity index (χ0n) is 17.9. The van der Waals surface area contributed by atoms with E-state index in [4.69, 9.17) is 9.26 Å². The molecular weight excluding hydrogens is 416 g/mol. The molecule has 0 aliphatic carbocycles. The molecule has 1 saturated heterocycles. The van der Waals surface area contributed by atoms with E-state index in [0.29, 0.717) is 24.3 Å². The summed E-state index contributed by atoms with van der Waals surface area (Å²) in [6.45, 7) is 8.89. The van der Waals surface area contributed by atoms with Crippen molar-refractivity contribution in [3.8, 4) is 5.69 Å². The second kappa shape index (κ2) is 9.52. The lowest BCUT2D eigenvalue weighted by molar-refractivity contribution is -0.113. The quantitative estimate of drug-likeness (QED) is 0.557. The van der Waals surface area contributed by atoms with Crippen molar-refractivity contribution in [2.45, 2.75) is 31.8 Å². The van der Waals surface area contributed by atoms with E-state index in [1.165, 1.54) is 11.8 Å². The second-order valence-electron chi connectivity index (χ2n) is 7.66. The van der Waals surface area contributed by atoms with Crippen LogP contribution in [-0.4, -0.2) is 57.9 Å². The van der Waals surface area contributed by atoms with Gasteiger partial charge in [-0.05, 0) is 30.5 Å². The second-order valence-corrected chi connectivity index (χ2v) is 8.61. The van der Waals surface area contributed by atoms with Crippen LogP contribution in [-0.2, 0) is 9.53 Å². The van der Waals surface area contributed by atoms with Crippen molar-refractivity contribution in [1.29, 1.82) is 0 Å². The number of carbonyl (C=O) groups excluding carboxylic acids is 1. The smallest absolute Gasteiger partial charge is 0.237 e. The molecule has 1 fully saturated rings. The molecule has 10 heteroatoms. The molecule has 1 amide bonds. The number of morpholine rings is 1. The molecule has 0 saturated carbocycles. The Morgan fingerprint density at radius 2 is 2.03 bits per heavy atom. The molecule has 1 N–H and O–H groups in total. The molecule has 1 aliphatic rings. The van der Waals surface area contributed by atoms with E-state index < -0.39 is 0 Å². The molecule has 31 heavy (non-hydrogen) atoms. The van der Waals surface area contributed by atoms with E-state index in [9.17, 15) is 4.79 Å². The maximum absolute atomic E-state index is 12.5. The summed E-state index contributed by atoms with van der Waals surface area (Å²) in [7, 11) is 0. The lowest BCUT2D eigenvalue weighted by atomic mass is 10.1. The number of anilines is 2. The van der Waals surface area contributed by atoms with E-state index in [1.54, 1.807) is 6.07 Å². The average molecular weight is 443 g/mol. The Bertz CT molecular complexity index is 1040. The number of nitrogens with zero attached hydrogens (tertiary/aromatic N) is 5. The summed E-state index contributed by atoms with van der Waals surface area (Å²) in [5.41, 5.74) is 2.91. The van der Waals surface area contributed by atoms with Gasteiger partial charge in [0, 0.05) is 19.2 Å². The van der Waals surface area contributed by atoms with E-state index >= 15 is 0 Å². The number of benzene rings is 1. The first-order chi connectivity index (χ1) is 15.0. The highest BCUT2D eigenvalue weighted by Crippen LogP contribution is 2.28. The minimum Gasteiger partial charge on any atom is -0.378 e. The Kier molecular flexibility index (Phi) is 6.57. The molecule has 164 valence electrons. The number of amides is 1. The summed E-state index contributed by atoms with van der Waals surface area (Å²) in [6, 6.07) is 9.90. The number of ether oxygens (including phenoxy) is 1. The van der Waals surface area contributed by atoms with Crippen molar-refractivity contribution in [3.63, 3.8) is 0 Å². The van der Waals surface area contributed by atoms with Crippen molar-refractivity contribution >= 4 is 29.5 Å². The fraction of sp³-hybridized carbons (Fsp3) is 0.429. The maximum atomic E-state index is 12.5. The maximum Gasteiger partial charge on any atom is 0.237 e. The monoisotopic (exact) mass is 442 g/mol. The summed E-state index contributed by atoms with van der Waals surface area (Å²) < 4.78 is 12.7. The summed E-state index contributed by atoms with van der Waals surface area (Å²) in [6.07, 6.45) is 0. The molecule has 4 rings (SSSR count). The first-order valence-electron chi connectivity index (χ1n) is 10.3. The molecule has 3 aromatic rings. The molecule has 0 bridgehead atoms. The van der Waals surface area contributed by atoms with E-state index in [0.717, 1.165) is 36.0 Å². The van der Waals surface area contributed by atoms with Crippen molar-refractivity contribution in [3.05, 3.63) is 41.6 Å². The first-order valence-corrected chi connectivity index (χ1v) is 11.2. The number of thioether (sulfide) groups is 1. The minimum absolute atomic E-state index is 0.171. The summed E-state index contributed by atoms with van der Waals surface area (Å²) in [5, 5.41) is 16.2. The molecule has 1 aromatic carbocycles. The van der Waals surface area contributed by atoms with Gasteiger partial charge in [-0.1, -0.05) is 42.9 Å². The fourth-order valence-electron chi connectivity index (χ4n) is 3.24. The molecule has 3 heterocycles. The molecule has 0 radical (unpaired) electrons. The Morgan fingerprint density at radius 3 is 2.74 bits per heavy atom. The molecular formula is C21H26N6O3S. The normalized spacial score (nSPS) is 14.3. The van der Waals surface area contributed by atoms with E-state index in [2.05, 4.69) is 31.6 Å². The zero-order valence-corrected chi connectivity index (χ0v) is 18.7. The Labute approximate surface area is 185 Å². The van der Waals surface area contributed by atoms with Gasteiger partial charge in [0.25, 0.3) is 0 Å². The largest absolute Gasteiger partial charge is 0.378 e. The van der Waals surface area contributed by atoms with Crippen molar-refractivity contribution in [2.75, 3.05) is 42.3 Å². The molecule has 0 atom stereocenters. The molecule has 9 nitrogen and oxygen atoms in total. The molecule has 2 aromatic heterocycles. The Balaban J connectivity index is 1.52. The highest BCUT2D eigenvalue weighted by atomic mass is 32.2. The lowest BCUT2D eigenvalue weighted by Gasteiger charge is -2.28. The fourth-order valence-corrected chi connectivity index (χ4v) is 3.99. The number of carbonyl (C=O) groups is 1. The summed E-state index contributed by atoms with van der Waals surface area (Å²) in [5.74, 6) is 1.32. The van der Waals surface area contributed by atoms with Crippen LogP contribution in [0.2, 0.25) is 0 Å². The number of aromatic nitrogens is 4. The summed E-state index contributed by atoms with van der Waals surface area (Å²) in [4.78, 5) is 14.6. The van der Waals surface area contributed by atoms with Crippen LogP contribution in [0.25, 0.3) is 5.69 Å². The standard InChI is InChI=1S/C21H26N6O3S/c1-14(2)17-12-19(30-25-17)22-18(28)13-31-21-24-23-20(26-7-9-29-10-8-26)27(21)16-6-4-5-15(3)11-16/h4-6,11-12,14H,7-10,13H2,1-3H3,(H,22,28). The average Bonchev–Trinajstić information content (AvgIpc) is 3.40. The van der Waals surface area contributed by atoms with E-state index in [-0.39, 0.29) is 17.6 Å². The predicted octanol–water partition coefficient (Wildman–Crippen LogP) is 3.25. The third kappa shape index (κ3) is 5.08. The van der Waals surface area contributed by atoms with Crippen LogP contribution < -0.4 is 10.2 Å². The Hall–Kier alpha value is -2.85. The number of hydrogen-bond acceptors (Lipinski definition) is 8. The highest BCUT2D eigenvalue weighted by molar-refractivity contribution is 7.99. The number of rotatable bonds is 7. The van der Waals surface area contributed by atoms with Crippen molar-refractivity contribution in [1.82, 2.24) is 19.9 Å². The number of aryl methyl sites for hydroxylation is 1. The van der Waals surface area contributed by atoms with Gasteiger partial charge in [-0.2, -0.15) is 0 Å². The Morgan fingerprint density at radius 1 is 1.23 bits per heavy atom. The minimum atomic E-state index is -0.192. The molecule has 0 spiro atoms. The van der Waals surface area contributed by atoms with Crippen LogP contribution in [0.15, 0.2) is 40.0 Å². The highest BCUT2D eigenvalue weighted by Gasteiger charge is 2.22. The van der Waals surface area contributed by atoms with Crippen LogP contribution in [0.1, 0.15) is 31.0 Å². The molecule has 1 aliphatic heterocycles.